The third-order valence-corrected chi connectivity index (χ3v) is 4.58. The van der Waals surface area contributed by atoms with Crippen molar-refractivity contribution < 1.29 is 0 Å². The normalized spacial score (nSPS) is 16.7. The van der Waals surface area contributed by atoms with E-state index in [9.17, 15) is 5.26 Å². The molecule has 0 amide bonds. The van der Waals surface area contributed by atoms with Gasteiger partial charge < -0.3 is 4.90 Å². The number of benzene rings is 2. The lowest BCUT2D eigenvalue weighted by molar-refractivity contribution is 0.408. The first kappa shape index (κ1) is 16.5. The molecule has 2 aromatic rings. The van der Waals surface area contributed by atoms with E-state index in [0.717, 1.165) is 31.8 Å². The number of amidine groups is 1. The Kier molecular flexibility index (Phi) is 5.51. The van der Waals surface area contributed by atoms with Crippen LogP contribution in [-0.4, -0.2) is 17.3 Å². The third-order valence-electron chi connectivity index (χ3n) is 4.26. The first-order valence-electron chi connectivity index (χ1n) is 8.33. The summed E-state index contributed by atoms with van der Waals surface area (Å²) >= 11 is 6.14. The van der Waals surface area contributed by atoms with E-state index in [1.54, 1.807) is 6.07 Å². The number of hydrogen-bond donors (Lipinski definition) is 0. The summed E-state index contributed by atoms with van der Waals surface area (Å²) in [5.74, 6) is 1.05. The molecular weight excluding hydrogens is 318 g/mol. The largest absolute Gasteiger partial charge is 0.356 e. The van der Waals surface area contributed by atoms with Gasteiger partial charge in [-0.2, -0.15) is 5.26 Å². The van der Waals surface area contributed by atoms with Gasteiger partial charge in [0.05, 0.1) is 16.3 Å². The Hall–Kier alpha value is -2.31. The second-order valence-electron chi connectivity index (χ2n) is 5.99. The zero-order chi connectivity index (χ0) is 16.8. The molecule has 0 unspecified atom stereocenters. The second-order valence-corrected chi connectivity index (χ2v) is 6.40. The number of likely N-dealkylation sites (tertiary alicyclic amines) is 1. The molecule has 4 heteroatoms. The lowest BCUT2D eigenvalue weighted by atomic mass is 10.2. The van der Waals surface area contributed by atoms with Crippen LogP contribution in [0.3, 0.4) is 0 Å². The molecule has 0 spiro atoms. The number of nitrogens with zero attached hydrogens (tertiary/aromatic N) is 3. The van der Waals surface area contributed by atoms with Crippen molar-refractivity contribution in [3.05, 3.63) is 64.7 Å². The molecular formula is C20H20ClN3. The van der Waals surface area contributed by atoms with Crippen LogP contribution in [0.1, 0.15) is 36.8 Å². The fourth-order valence-corrected chi connectivity index (χ4v) is 3.22. The van der Waals surface area contributed by atoms with Crippen molar-refractivity contribution >= 4 is 23.1 Å². The Bertz CT molecular complexity index is 762. The van der Waals surface area contributed by atoms with Gasteiger partial charge in [-0.25, -0.2) is 4.99 Å². The van der Waals surface area contributed by atoms with Gasteiger partial charge >= 0.3 is 0 Å². The summed E-state index contributed by atoms with van der Waals surface area (Å²) in [5.41, 5.74) is 2.40. The van der Waals surface area contributed by atoms with Gasteiger partial charge in [-0.15, -0.1) is 0 Å². The van der Waals surface area contributed by atoms with E-state index in [0.29, 0.717) is 16.3 Å². The molecule has 3 rings (SSSR count). The lowest BCUT2D eigenvalue weighted by Gasteiger charge is -2.24. The molecule has 0 N–H and O–H groups in total. The molecule has 0 bridgehead atoms. The van der Waals surface area contributed by atoms with E-state index in [-0.39, 0.29) is 0 Å². The Morgan fingerprint density at radius 3 is 2.67 bits per heavy atom. The molecule has 24 heavy (non-hydrogen) atoms. The smallest absolute Gasteiger partial charge is 0.105 e. The monoisotopic (exact) mass is 337 g/mol. The quantitative estimate of drug-likeness (QED) is 0.760. The fraction of sp³-hybridized carbons (Fsp3) is 0.300. The van der Waals surface area contributed by atoms with Crippen molar-refractivity contribution in [1.82, 2.24) is 4.90 Å². The number of rotatable bonds is 3. The first-order chi connectivity index (χ1) is 11.8. The molecule has 0 aromatic heterocycles. The standard InChI is InChI=1S/C20H20ClN3/c21-18-10-7-11-19(17(18)14-22)23-20-12-5-2-6-13-24(20)15-16-8-3-1-4-9-16/h1,3-4,7-11H,2,5-6,12-13,15H2. The topological polar surface area (TPSA) is 39.4 Å². The van der Waals surface area contributed by atoms with Crippen LogP contribution in [0.25, 0.3) is 0 Å². The van der Waals surface area contributed by atoms with Crippen molar-refractivity contribution in [2.45, 2.75) is 32.2 Å². The number of halogens is 1. The molecule has 3 nitrogen and oxygen atoms in total. The summed E-state index contributed by atoms with van der Waals surface area (Å²) in [4.78, 5) is 7.16. The van der Waals surface area contributed by atoms with Gasteiger partial charge in [0.25, 0.3) is 0 Å². The fourth-order valence-electron chi connectivity index (χ4n) is 3.01. The highest BCUT2D eigenvalue weighted by Crippen LogP contribution is 2.27. The maximum atomic E-state index is 9.37. The second kappa shape index (κ2) is 7.99. The van der Waals surface area contributed by atoms with Crippen LogP contribution in [0.2, 0.25) is 5.02 Å². The highest BCUT2D eigenvalue weighted by atomic mass is 35.5. The van der Waals surface area contributed by atoms with Crippen LogP contribution < -0.4 is 0 Å². The van der Waals surface area contributed by atoms with Crippen molar-refractivity contribution in [2.75, 3.05) is 6.54 Å². The SMILES string of the molecule is N#Cc1c(Cl)cccc1N=C1CCCCCN1Cc1ccccc1. The van der Waals surface area contributed by atoms with E-state index in [1.807, 2.05) is 18.2 Å². The molecule has 0 radical (unpaired) electrons. The minimum absolute atomic E-state index is 0.454. The minimum atomic E-state index is 0.454. The van der Waals surface area contributed by atoms with E-state index in [1.165, 1.54) is 18.4 Å². The van der Waals surface area contributed by atoms with Crippen molar-refractivity contribution in [1.29, 1.82) is 5.26 Å². The van der Waals surface area contributed by atoms with Gasteiger partial charge in [0, 0.05) is 19.5 Å². The van der Waals surface area contributed by atoms with Crippen LogP contribution >= 0.6 is 11.6 Å². The van der Waals surface area contributed by atoms with E-state index < -0.39 is 0 Å². The van der Waals surface area contributed by atoms with Crippen LogP contribution in [0, 0.1) is 11.3 Å². The Balaban J connectivity index is 1.93. The maximum absolute atomic E-state index is 9.37. The zero-order valence-electron chi connectivity index (χ0n) is 13.6. The van der Waals surface area contributed by atoms with Crippen LogP contribution in [-0.2, 0) is 6.54 Å². The van der Waals surface area contributed by atoms with Gasteiger partial charge in [-0.1, -0.05) is 54.4 Å². The highest BCUT2D eigenvalue weighted by molar-refractivity contribution is 6.32. The molecule has 1 aliphatic heterocycles. The van der Waals surface area contributed by atoms with Crippen molar-refractivity contribution in [3.63, 3.8) is 0 Å². The molecule has 2 aromatic carbocycles. The number of aliphatic imine (C=N–C) groups is 1. The zero-order valence-corrected chi connectivity index (χ0v) is 14.3. The van der Waals surface area contributed by atoms with Crippen LogP contribution in [0.5, 0.6) is 0 Å². The molecule has 0 saturated carbocycles. The highest BCUT2D eigenvalue weighted by Gasteiger charge is 2.16. The molecule has 1 aliphatic rings. The predicted molar refractivity (Wildman–Crippen MR) is 98.6 cm³/mol. The minimum Gasteiger partial charge on any atom is -0.356 e. The van der Waals surface area contributed by atoms with E-state index in [2.05, 4.69) is 35.2 Å². The van der Waals surface area contributed by atoms with Crippen molar-refractivity contribution in [3.8, 4) is 6.07 Å². The lowest BCUT2D eigenvalue weighted by Crippen LogP contribution is -2.29. The summed E-state index contributed by atoms with van der Waals surface area (Å²) in [6.07, 6.45) is 4.45. The maximum Gasteiger partial charge on any atom is 0.105 e. The molecule has 0 aliphatic carbocycles. The summed E-state index contributed by atoms with van der Waals surface area (Å²) in [6.45, 7) is 1.85. The number of hydrogen-bond acceptors (Lipinski definition) is 2. The van der Waals surface area contributed by atoms with Gasteiger partial charge in [0.2, 0.25) is 0 Å². The van der Waals surface area contributed by atoms with Crippen LogP contribution in [0.15, 0.2) is 53.5 Å². The predicted octanol–water partition coefficient (Wildman–Crippen LogP) is 5.32. The average molecular weight is 338 g/mol. The van der Waals surface area contributed by atoms with Gasteiger partial charge in [0.15, 0.2) is 0 Å². The third kappa shape index (κ3) is 3.96. The average Bonchev–Trinajstić information content (AvgIpc) is 2.82. The molecule has 122 valence electrons. The summed E-state index contributed by atoms with van der Waals surface area (Å²) in [7, 11) is 0. The molecule has 1 heterocycles. The van der Waals surface area contributed by atoms with Crippen LogP contribution in [0.4, 0.5) is 5.69 Å². The summed E-state index contributed by atoms with van der Waals surface area (Å²) in [6, 6.07) is 18.1. The molecule has 1 fully saturated rings. The van der Waals surface area contributed by atoms with Gasteiger partial charge in [-0.3, -0.25) is 0 Å². The number of nitriles is 1. The molecule has 1 saturated heterocycles. The first-order valence-corrected chi connectivity index (χ1v) is 8.71. The Labute approximate surface area is 148 Å². The summed E-state index contributed by atoms with van der Waals surface area (Å²) in [5, 5.41) is 9.83. The van der Waals surface area contributed by atoms with E-state index in [4.69, 9.17) is 16.6 Å². The molecule has 0 atom stereocenters. The Morgan fingerprint density at radius 2 is 1.88 bits per heavy atom. The van der Waals surface area contributed by atoms with Gasteiger partial charge in [-0.05, 0) is 30.5 Å². The van der Waals surface area contributed by atoms with Gasteiger partial charge in [0.1, 0.15) is 11.9 Å². The van der Waals surface area contributed by atoms with Crippen molar-refractivity contribution in [2.24, 2.45) is 4.99 Å². The summed E-state index contributed by atoms with van der Waals surface area (Å²) < 4.78 is 0. The van der Waals surface area contributed by atoms with E-state index >= 15 is 0 Å². The Morgan fingerprint density at radius 1 is 1.04 bits per heavy atom.